The Hall–Kier alpha value is -1.60. The van der Waals surface area contributed by atoms with Gasteiger partial charge in [0, 0.05) is 24.7 Å². The summed E-state index contributed by atoms with van der Waals surface area (Å²) in [6, 6.07) is 3.36. The van der Waals surface area contributed by atoms with Crippen molar-refractivity contribution in [2.24, 2.45) is 17.4 Å². The number of amides is 1. The van der Waals surface area contributed by atoms with Crippen LogP contribution in [-0.4, -0.2) is 11.9 Å². The minimum absolute atomic E-state index is 0.00753. The number of nitrogens with one attached hydrogen (secondary N) is 1. The van der Waals surface area contributed by atoms with Gasteiger partial charge in [-0.25, -0.2) is 0 Å². The highest BCUT2D eigenvalue weighted by atomic mass is 19.4. The number of carbonyl (C=O) groups is 1. The first-order chi connectivity index (χ1) is 10.3. The Labute approximate surface area is 127 Å². The quantitative estimate of drug-likeness (QED) is 0.799. The summed E-state index contributed by atoms with van der Waals surface area (Å²) in [7, 11) is 0. The average molecular weight is 315 g/mol. The van der Waals surface area contributed by atoms with Crippen LogP contribution >= 0.6 is 0 Å². The number of rotatable bonds is 4. The molecule has 0 aliphatic heterocycles. The molecule has 0 spiro atoms. The van der Waals surface area contributed by atoms with Crippen molar-refractivity contribution in [1.29, 1.82) is 0 Å². The van der Waals surface area contributed by atoms with Crippen molar-refractivity contribution < 1.29 is 18.0 Å². The highest BCUT2D eigenvalue weighted by Crippen LogP contribution is 2.32. The highest BCUT2D eigenvalue weighted by Gasteiger charge is 2.31. The summed E-state index contributed by atoms with van der Waals surface area (Å²) in [5.74, 6) is -0.218. The monoisotopic (exact) mass is 315 g/mol. The van der Waals surface area contributed by atoms with Gasteiger partial charge in [-0.15, -0.1) is 0 Å². The van der Waals surface area contributed by atoms with Gasteiger partial charge >= 0.3 is 6.18 Å². The Morgan fingerprint density at radius 2 is 2.00 bits per heavy atom. The fraction of sp³-hybridized carbons (Fsp3) is 0.533. The average Bonchev–Trinajstić information content (AvgIpc) is 2.82. The molecule has 22 heavy (non-hydrogen) atoms. The lowest BCUT2D eigenvalue weighted by Gasteiger charge is -2.16. The molecule has 0 unspecified atom stereocenters. The van der Waals surface area contributed by atoms with Crippen molar-refractivity contribution in [2.45, 2.75) is 44.4 Å². The first-order valence-electron chi connectivity index (χ1n) is 7.26. The van der Waals surface area contributed by atoms with E-state index in [-0.39, 0.29) is 36.5 Å². The van der Waals surface area contributed by atoms with Crippen molar-refractivity contribution >= 4 is 11.6 Å². The lowest BCUT2D eigenvalue weighted by atomic mass is 10.00. The molecule has 7 heteroatoms. The number of hydrogen-bond donors (Lipinski definition) is 3. The maximum absolute atomic E-state index is 12.8. The SMILES string of the molecule is NCc1cc(NC(=O)C[C@@H]2CCC[C@H]2N)cc(C(F)(F)F)c1. The van der Waals surface area contributed by atoms with Gasteiger partial charge in [0.05, 0.1) is 5.56 Å². The van der Waals surface area contributed by atoms with Crippen LogP contribution in [0.2, 0.25) is 0 Å². The molecule has 2 rings (SSSR count). The van der Waals surface area contributed by atoms with Gasteiger partial charge < -0.3 is 16.8 Å². The van der Waals surface area contributed by atoms with E-state index < -0.39 is 11.7 Å². The molecule has 2 atom stereocenters. The minimum atomic E-state index is -4.47. The van der Waals surface area contributed by atoms with E-state index in [2.05, 4.69) is 5.32 Å². The number of hydrogen-bond acceptors (Lipinski definition) is 3. The summed E-state index contributed by atoms with van der Waals surface area (Å²) in [5, 5.41) is 2.53. The maximum Gasteiger partial charge on any atom is 0.416 e. The van der Waals surface area contributed by atoms with E-state index in [4.69, 9.17) is 11.5 Å². The Morgan fingerprint density at radius 1 is 1.27 bits per heavy atom. The summed E-state index contributed by atoms with van der Waals surface area (Å²) < 4.78 is 38.5. The number of alkyl halides is 3. The van der Waals surface area contributed by atoms with Crippen LogP contribution in [0.25, 0.3) is 0 Å². The molecule has 1 aromatic rings. The molecule has 0 saturated heterocycles. The smallest absolute Gasteiger partial charge is 0.327 e. The summed E-state index contributed by atoms with van der Waals surface area (Å²) in [4.78, 5) is 12.0. The third kappa shape index (κ3) is 4.20. The van der Waals surface area contributed by atoms with Crippen molar-refractivity contribution in [3.05, 3.63) is 29.3 Å². The lowest BCUT2D eigenvalue weighted by molar-refractivity contribution is -0.137. The van der Waals surface area contributed by atoms with Gasteiger partial charge in [-0.05, 0) is 42.5 Å². The Bertz CT molecular complexity index is 545. The zero-order valence-electron chi connectivity index (χ0n) is 12.1. The van der Waals surface area contributed by atoms with Gasteiger partial charge in [-0.3, -0.25) is 4.79 Å². The summed E-state index contributed by atoms with van der Waals surface area (Å²) in [6.07, 6.45) is -1.49. The van der Waals surface area contributed by atoms with Crippen molar-refractivity contribution in [2.75, 3.05) is 5.32 Å². The van der Waals surface area contributed by atoms with Gasteiger partial charge in [0.15, 0.2) is 0 Å². The standard InChI is InChI=1S/C15H20F3N3O/c16-15(17,18)11-4-9(8-19)5-12(7-11)21-14(22)6-10-2-1-3-13(10)20/h4-5,7,10,13H,1-3,6,8,19-20H2,(H,21,22)/t10-,13+/m0/s1. The van der Waals surface area contributed by atoms with Crippen LogP contribution in [0.3, 0.4) is 0 Å². The fourth-order valence-electron chi connectivity index (χ4n) is 2.81. The molecule has 0 aromatic heterocycles. The second-order valence-corrected chi connectivity index (χ2v) is 5.73. The van der Waals surface area contributed by atoms with E-state index in [1.165, 1.54) is 6.07 Å². The molecule has 1 aliphatic carbocycles. The molecule has 0 bridgehead atoms. The predicted octanol–water partition coefficient (Wildman–Crippen LogP) is 2.62. The van der Waals surface area contributed by atoms with Crippen molar-refractivity contribution in [3.8, 4) is 0 Å². The van der Waals surface area contributed by atoms with Gasteiger partial charge in [-0.1, -0.05) is 6.42 Å². The Morgan fingerprint density at radius 3 is 2.55 bits per heavy atom. The normalized spacial score (nSPS) is 21.9. The second-order valence-electron chi connectivity index (χ2n) is 5.73. The number of nitrogens with two attached hydrogens (primary N) is 2. The Kier molecular flexibility index (Phi) is 5.08. The molecule has 122 valence electrons. The van der Waals surface area contributed by atoms with Crippen LogP contribution in [0.15, 0.2) is 18.2 Å². The van der Waals surface area contributed by atoms with Gasteiger partial charge in [0.1, 0.15) is 0 Å². The maximum atomic E-state index is 12.8. The molecule has 1 saturated carbocycles. The van der Waals surface area contributed by atoms with E-state index >= 15 is 0 Å². The molecule has 4 nitrogen and oxygen atoms in total. The van der Waals surface area contributed by atoms with E-state index in [9.17, 15) is 18.0 Å². The Balaban J connectivity index is 2.09. The van der Waals surface area contributed by atoms with E-state index in [1.807, 2.05) is 0 Å². The third-order valence-corrected chi connectivity index (χ3v) is 4.01. The highest BCUT2D eigenvalue weighted by molar-refractivity contribution is 5.91. The molecule has 1 fully saturated rings. The molecule has 1 aromatic carbocycles. The largest absolute Gasteiger partial charge is 0.416 e. The summed E-state index contributed by atoms with van der Waals surface area (Å²) >= 11 is 0. The number of carbonyl (C=O) groups excluding carboxylic acids is 1. The number of benzene rings is 1. The minimum Gasteiger partial charge on any atom is -0.327 e. The zero-order valence-corrected chi connectivity index (χ0v) is 12.1. The van der Waals surface area contributed by atoms with Crippen molar-refractivity contribution in [1.82, 2.24) is 0 Å². The van der Waals surface area contributed by atoms with Crippen LogP contribution in [0.1, 0.15) is 36.8 Å². The molecule has 0 heterocycles. The summed E-state index contributed by atoms with van der Waals surface area (Å²) in [6.45, 7) is -0.0275. The lowest BCUT2D eigenvalue weighted by Crippen LogP contribution is -2.28. The molecular formula is C15H20F3N3O. The van der Waals surface area contributed by atoms with Gasteiger partial charge in [0.25, 0.3) is 0 Å². The van der Waals surface area contributed by atoms with Crippen LogP contribution in [0.5, 0.6) is 0 Å². The second kappa shape index (κ2) is 6.66. The first kappa shape index (κ1) is 16.8. The van der Waals surface area contributed by atoms with Gasteiger partial charge in [-0.2, -0.15) is 13.2 Å². The van der Waals surface area contributed by atoms with E-state index in [0.717, 1.165) is 31.4 Å². The third-order valence-electron chi connectivity index (χ3n) is 4.01. The van der Waals surface area contributed by atoms with E-state index in [1.54, 1.807) is 0 Å². The topological polar surface area (TPSA) is 81.1 Å². The molecule has 1 amide bonds. The van der Waals surface area contributed by atoms with Crippen LogP contribution in [0.4, 0.5) is 18.9 Å². The van der Waals surface area contributed by atoms with E-state index in [0.29, 0.717) is 5.56 Å². The fourth-order valence-corrected chi connectivity index (χ4v) is 2.81. The van der Waals surface area contributed by atoms with Crippen LogP contribution < -0.4 is 16.8 Å². The summed E-state index contributed by atoms with van der Waals surface area (Å²) in [5.41, 5.74) is 10.9. The predicted molar refractivity (Wildman–Crippen MR) is 77.9 cm³/mol. The molecular weight excluding hydrogens is 295 g/mol. The molecule has 1 aliphatic rings. The molecule has 5 N–H and O–H groups in total. The first-order valence-corrected chi connectivity index (χ1v) is 7.26. The zero-order chi connectivity index (χ0) is 16.3. The molecule has 0 radical (unpaired) electrons. The number of anilines is 1. The van der Waals surface area contributed by atoms with Crippen LogP contribution in [0, 0.1) is 5.92 Å². The van der Waals surface area contributed by atoms with Crippen molar-refractivity contribution in [3.63, 3.8) is 0 Å². The van der Waals surface area contributed by atoms with Gasteiger partial charge in [0.2, 0.25) is 5.91 Å². The number of halogens is 3. The van der Waals surface area contributed by atoms with Crippen LogP contribution in [-0.2, 0) is 17.5 Å².